The molecule has 121 heavy (non-hydrogen) atoms. The van der Waals surface area contributed by atoms with Crippen molar-refractivity contribution in [3.05, 3.63) is 348 Å². The molecule has 14 atom stereocenters. The van der Waals surface area contributed by atoms with Crippen LogP contribution in [-0.4, -0.2) is 148 Å². The topological polar surface area (TPSA) is 350 Å². The summed E-state index contributed by atoms with van der Waals surface area (Å²) in [6, 6.07) is 78.0. The zero-order chi connectivity index (χ0) is 85.5. The number of phenolic OH excluding ortho intramolecular Hbond substituents is 4. The van der Waals surface area contributed by atoms with Crippen LogP contribution in [0.15, 0.2) is 291 Å². The van der Waals surface area contributed by atoms with E-state index in [-0.39, 0.29) is 69.1 Å². The molecule has 12 aromatic carbocycles. The number of thioether (sulfide) groups is 3. The molecule has 4 aliphatic heterocycles. The Bertz CT molecular complexity index is 5670. The first-order valence-corrected chi connectivity index (χ1v) is 43.1. The highest BCUT2D eigenvalue weighted by molar-refractivity contribution is 8.01. The number of phenols is 4. The Morgan fingerprint density at radius 3 is 1.02 bits per heavy atom. The van der Waals surface area contributed by atoms with Crippen molar-refractivity contribution in [2.75, 3.05) is 38.6 Å². The van der Waals surface area contributed by atoms with E-state index in [1.165, 1.54) is 120 Å². The molecule has 0 aromatic heterocycles. The van der Waals surface area contributed by atoms with Gasteiger partial charge in [0.15, 0.2) is 0 Å². The third-order valence-corrected chi connectivity index (χ3v) is 26.5. The largest absolute Gasteiger partial charge is 0.508 e. The number of hydrogen-bond donors (Lipinski definition) is 13. The lowest BCUT2D eigenvalue weighted by atomic mass is 9.89. The Balaban J connectivity index is 0.000000150. The van der Waals surface area contributed by atoms with Gasteiger partial charge in [-0.15, -0.1) is 35.3 Å². The predicted octanol–water partition coefficient (Wildman–Crippen LogP) is 14.4. The molecule has 3 amide bonds. The molecule has 0 spiro atoms. The molecule has 4 saturated heterocycles. The number of para-hydroxylation sites is 3. The van der Waals surface area contributed by atoms with E-state index in [9.17, 15) is 98.1 Å². The lowest BCUT2D eigenvalue weighted by molar-refractivity contribution is -0.231. The molecule has 4 aliphatic rings. The molecule has 0 aliphatic carbocycles. The van der Waals surface area contributed by atoms with Gasteiger partial charge in [0.05, 0.1) is 48.3 Å². The van der Waals surface area contributed by atoms with Gasteiger partial charge >= 0.3 is 7.60 Å². The zero-order valence-electron chi connectivity index (χ0n) is 64.1. The molecule has 13 N–H and O–H groups in total. The van der Waals surface area contributed by atoms with Gasteiger partial charge in [-0.2, -0.15) is 0 Å². The minimum absolute atomic E-state index is 0.0152. The Morgan fingerprint density at radius 2 is 0.694 bits per heavy atom. The van der Waals surface area contributed by atoms with Crippen LogP contribution in [0.5, 0.6) is 23.0 Å². The Morgan fingerprint density at radius 1 is 0.372 bits per heavy atom. The Kier molecular flexibility index (Phi) is 27.0. The molecule has 16 rings (SSSR count). The third kappa shape index (κ3) is 19.2. The van der Waals surface area contributed by atoms with Crippen LogP contribution in [0.2, 0.25) is 0 Å². The van der Waals surface area contributed by atoms with Crippen LogP contribution in [-0.2, 0) is 23.7 Å². The van der Waals surface area contributed by atoms with Gasteiger partial charge in [0.25, 0.3) is 0 Å². The summed E-state index contributed by atoms with van der Waals surface area (Å²) in [5, 5.41) is 114. The summed E-state index contributed by atoms with van der Waals surface area (Å²) in [4.78, 5) is 63.6. The van der Waals surface area contributed by atoms with Crippen molar-refractivity contribution in [1.29, 1.82) is 0 Å². The molecule has 0 bridgehead atoms. The quantitative estimate of drug-likeness (QED) is 0.0197. The van der Waals surface area contributed by atoms with Gasteiger partial charge in [0.1, 0.15) is 86.7 Å². The second-order valence-corrected chi connectivity index (χ2v) is 34.4. The highest BCUT2D eigenvalue weighted by atomic mass is 32.2. The number of ether oxygens (including phenoxy) is 1. The first-order chi connectivity index (χ1) is 58.2. The molecule has 12 aromatic rings. The van der Waals surface area contributed by atoms with Crippen LogP contribution < -0.4 is 20.0 Å². The third-order valence-electron chi connectivity index (χ3n) is 21.5. The van der Waals surface area contributed by atoms with Gasteiger partial charge < -0.3 is 85.4 Å². The maximum atomic E-state index is 13.4. The molecule has 4 fully saturated rings. The summed E-state index contributed by atoms with van der Waals surface area (Å²) in [5.41, 5.74) is 10.2. The highest BCUT2D eigenvalue weighted by Crippen LogP contribution is 2.53. The van der Waals surface area contributed by atoms with Crippen molar-refractivity contribution in [3.8, 4) is 56.4 Å². The van der Waals surface area contributed by atoms with E-state index in [0.717, 1.165) is 22.4 Å². The van der Waals surface area contributed by atoms with E-state index in [1.54, 1.807) is 112 Å². The zero-order valence-corrected chi connectivity index (χ0v) is 67.5. The van der Waals surface area contributed by atoms with Crippen LogP contribution in [0.1, 0.15) is 81.5 Å². The predicted molar refractivity (Wildman–Crippen MR) is 460 cm³/mol. The molecular formula is C93H83F3N3O18PS3. The van der Waals surface area contributed by atoms with Gasteiger partial charge in [-0.05, 0) is 171 Å². The monoisotopic (exact) mass is 1710 g/mol. The number of hydrogen-bond acceptors (Lipinski definition) is 19. The molecular weight excluding hydrogens is 1630 g/mol. The number of anilines is 3. The molecule has 0 saturated carbocycles. The summed E-state index contributed by atoms with van der Waals surface area (Å²) in [6.07, 6.45) is -8.98. The number of nitrogens with zero attached hydrogens (tertiary/aromatic N) is 3. The molecule has 4 heterocycles. The molecule has 0 radical (unpaired) electrons. The van der Waals surface area contributed by atoms with Crippen LogP contribution in [0.25, 0.3) is 33.4 Å². The van der Waals surface area contributed by atoms with Crippen molar-refractivity contribution in [2.45, 2.75) is 82.7 Å². The van der Waals surface area contributed by atoms with Gasteiger partial charge in [-0.3, -0.25) is 18.9 Å². The van der Waals surface area contributed by atoms with Crippen molar-refractivity contribution < 1.29 is 103 Å². The lowest BCUT2D eigenvalue weighted by Gasteiger charge is -2.47. The van der Waals surface area contributed by atoms with Crippen LogP contribution in [0.4, 0.5) is 30.2 Å². The number of β-lactam (4-membered cyclic amide) rings is 3. The number of rotatable bonds is 24. The summed E-state index contributed by atoms with van der Waals surface area (Å²) < 4.78 is 57.0. The molecule has 622 valence electrons. The number of carbonyl (C=O) groups excluding carboxylic acids is 3. The van der Waals surface area contributed by atoms with Gasteiger partial charge in [-0.25, -0.2) is 13.2 Å². The Hall–Kier alpha value is -11.1. The highest BCUT2D eigenvalue weighted by Gasteiger charge is 2.53. The fourth-order valence-corrected chi connectivity index (χ4v) is 19.4. The molecule has 21 nitrogen and oxygen atoms in total. The van der Waals surface area contributed by atoms with Gasteiger partial charge in [-0.1, -0.05) is 176 Å². The van der Waals surface area contributed by atoms with Crippen molar-refractivity contribution in [3.63, 3.8) is 0 Å². The van der Waals surface area contributed by atoms with Crippen LogP contribution >= 0.6 is 42.9 Å². The van der Waals surface area contributed by atoms with E-state index in [2.05, 4.69) is 0 Å². The van der Waals surface area contributed by atoms with Crippen molar-refractivity contribution in [1.82, 2.24) is 0 Å². The van der Waals surface area contributed by atoms with E-state index in [1.807, 2.05) is 109 Å². The smallest absolute Gasteiger partial charge is 0.356 e. The molecule has 1 unspecified atom stereocenters. The van der Waals surface area contributed by atoms with Crippen molar-refractivity contribution in [2.24, 2.45) is 0 Å². The van der Waals surface area contributed by atoms with Crippen LogP contribution in [0, 0.1) is 17.5 Å². The second-order valence-electron chi connectivity index (χ2n) is 29.3. The SMILES string of the molecule is O=C1[C@H](SC[C@H](O)c2ccc(F)cc2)[C@@H](c2ccc(-c3ccc(C4O[C@H](CO)[C@@H](O)[C@H](O)[C@H]4O)cc3)cc2O)N1c1ccccc1.O=C1[C@H](SC[C@H](O)c2ccc(F)cc2)[C@@H](c2ccc(-c3ccc(P(=O)(O)O)cc3)cc2O)N1c1ccccc1.O=C1[C@H](SC[C@H](O)c2ccc(F)cc2)[C@@H](c2ccc(-c3cccc(O)c3)cc2O)N1c1ccccc1. The normalized spacial score (nSPS) is 21.4. The standard InChI is InChI=1S/C35H34FNO8S.C29H25FNO6PS.C29H24FNO4S/c36-23-13-10-20(11-14-23)27(40)18-46-34-29(37(35(34)44)24-4-2-1-3-5-24)25-15-12-22(16-26(25)39)19-6-8-21(9-7-19)33-32(43)31(42)30(41)28(17-38)45-33;30-21-11-6-19(7-12-21)26(33)17-39-28-27(31(29(28)34)22-4-2-1-3-5-22)24-15-10-20(16-25(24)32)18-8-13-23(14-9-18)38(35,36)37;30-21-12-9-18(10-13-21)26(34)17-36-28-27(31(29(28)35)22-6-2-1-3-7-22)24-14-11-20(16-25(24)33)19-5-4-8-23(32)15-19/h1-16,27-34,38-43H,17-18H2;1-16,26-28,32-33H,17H2,(H2,35,36,37);1-16,26-28,32-34H,17H2/t27-,28+,29+,30+,31-,32+,33?,34+;2*26-,27+,28+/m000/s1. The van der Waals surface area contributed by atoms with E-state index in [4.69, 9.17) is 4.74 Å². The fourth-order valence-electron chi connectivity index (χ4n) is 15.0. The summed E-state index contributed by atoms with van der Waals surface area (Å²) in [5.74, 6) is -0.841. The number of amides is 3. The van der Waals surface area contributed by atoms with Gasteiger partial charge in [0.2, 0.25) is 17.7 Å². The Labute approximate surface area is 706 Å². The number of benzene rings is 12. The first-order valence-electron chi connectivity index (χ1n) is 38.4. The van der Waals surface area contributed by atoms with Crippen molar-refractivity contribution >= 4 is 83.0 Å². The lowest BCUT2D eigenvalue weighted by Crippen LogP contribution is -2.57. The van der Waals surface area contributed by atoms with Crippen LogP contribution in [0.3, 0.4) is 0 Å². The van der Waals surface area contributed by atoms with E-state index >= 15 is 0 Å². The summed E-state index contributed by atoms with van der Waals surface area (Å²) in [6.45, 7) is -0.520. The number of aliphatic hydroxyl groups is 7. The van der Waals surface area contributed by atoms with E-state index in [0.29, 0.717) is 67.0 Å². The number of aromatic hydroxyl groups is 4. The number of carbonyl (C=O) groups is 3. The fraction of sp³-hybridized carbons (Fsp3) is 0.194. The summed E-state index contributed by atoms with van der Waals surface area (Å²) >= 11 is 3.86. The van der Waals surface area contributed by atoms with Gasteiger partial charge in [0, 0.05) is 51.0 Å². The maximum absolute atomic E-state index is 13.4. The number of aliphatic hydroxyl groups excluding tert-OH is 7. The second kappa shape index (κ2) is 37.9. The molecule has 28 heteroatoms. The maximum Gasteiger partial charge on any atom is 0.356 e. The number of halogens is 3. The summed E-state index contributed by atoms with van der Waals surface area (Å²) in [7, 11) is -4.37. The van der Waals surface area contributed by atoms with E-state index < -0.39 is 109 Å². The average Bonchev–Trinajstić information content (AvgIpc) is 0.799. The minimum Gasteiger partial charge on any atom is -0.508 e. The average molecular weight is 1710 g/mol. The minimum atomic E-state index is -4.37. The first kappa shape index (κ1) is 86.3.